The lowest BCUT2D eigenvalue weighted by atomic mass is 10.3. The maximum absolute atomic E-state index is 12.4. The van der Waals surface area contributed by atoms with Crippen LogP contribution in [0.1, 0.15) is 0 Å². The molecule has 0 N–H and O–H groups in total. The molecule has 3 rings (SSSR count). The average Bonchev–Trinajstić information content (AvgIpc) is 2.58. The predicted octanol–water partition coefficient (Wildman–Crippen LogP) is -1.14. The van der Waals surface area contributed by atoms with Crippen LogP contribution in [0.15, 0.2) is 18.6 Å². The predicted molar refractivity (Wildman–Crippen MR) is 85.9 cm³/mol. The number of hydrogen-bond acceptors (Lipinski definition) is 7. The van der Waals surface area contributed by atoms with Crippen molar-refractivity contribution in [2.24, 2.45) is 0 Å². The molecule has 9 heteroatoms. The third kappa shape index (κ3) is 4.17. The van der Waals surface area contributed by atoms with Crippen LogP contribution < -0.4 is 4.90 Å². The molecule has 126 valence electrons. The molecule has 1 aromatic heterocycles. The summed E-state index contributed by atoms with van der Waals surface area (Å²) < 4.78 is 22.8. The molecule has 2 aliphatic rings. The van der Waals surface area contributed by atoms with Crippen LogP contribution in [0.2, 0.25) is 0 Å². The summed E-state index contributed by atoms with van der Waals surface area (Å²) in [6.45, 7) is 3.99. The van der Waals surface area contributed by atoms with Crippen LogP contribution in [0.5, 0.6) is 0 Å². The Kier molecular flexibility index (Phi) is 4.76. The molecular formula is C14H21N5O3S. The smallest absolute Gasteiger partial charge is 0.236 e. The van der Waals surface area contributed by atoms with Crippen LogP contribution in [0.25, 0.3) is 0 Å². The summed E-state index contributed by atoms with van der Waals surface area (Å²) in [5, 5.41) is 0. The van der Waals surface area contributed by atoms with Crippen molar-refractivity contribution in [1.82, 2.24) is 19.8 Å². The lowest BCUT2D eigenvalue weighted by Gasteiger charge is -2.36. The maximum atomic E-state index is 12.4. The van der Waals surface area contributed by atoms with Crippen LogP contribution in [0, 0.1) is 0 Å². The van der Waals surface area contributed by atoms with Crippen molar-refractivity contribution >= 4 is 21.6 Å². The Balaban J connectivity index is 1.47. The monoisotopic (exact) mass is 339 g/mol. The molecule has 0 aromatic carbocycles. The van der Waals surface area contributed by atoms with Crippen LogP contribution >= 0.6 is 0 Å². The summed E-state index contributed by atoms with van der Waals surface area (Å²) in [5.41, 5.74) is 0. The zero-order chi connectivity index (χ0) is 16.3. The van der Waals surface area contributed by atoms with Crippen LogP contribution in [0.4, 0.5) is 5.82 Å². The fourth-order valence-electron chi connectivity index (χ4n) is 2.84. The van der Waals surface area contributed by atoms with Crippen molar-refractivity contribution in [3.8, 4) is 0 Å². The molecule has 1 aromatic rings. The van der Waals surface area contributed by atoms with E-state index in [1.54, 1.807) is 18.6 Å². The molecule has 8 nitrogen and oxygen atoms in total. The number of hydrogen-bond donors (Lipinski definition) is 0. The second-order valence-electron chi connectivity index (χ2n) is 5.86. The van der Waals surface area contributed by atoms with E-state index >= 15 is 0 Å². The Hall–Kier alpha value is -1.74. The van der Waals surface area contributed by atoms with E-state index in [2.05, 4.69) is 14.9 Å². The molecular weight excluding hydrogens is 318 g/mol. The van der Waals surface area contributed by atoms with Crippen LogP contribution in [0.3, 0.4) is 0 Å². The number of carbonyl (C=O) groups excluding carboxylic acids is 1. The van der Waals surface area contributed by atoms with Crippen molar-refractivity contribution < 1.29 is 13.2 Å². The van der Waals surface area contributed by atoms with Crippen molar-refractivity contribution in [1.29, 1.82) is 0 Å². The highest BCUT2D eigenvalue weighted by molar-refractivity contribution is 7.91. The van der Waals surface area contributed by atoms with E-state index in [0.29, 0.717) is 32.7 Å². The van der Waals surface area contributed by atoms with Crippen LogP contribution in [-0.2, 0) is 14.6 Å². The molecule has 0 radical (unpaired) electrons. The fraction of sp³-hybridized carbons (Fsp3) is 0.643. The lowest BCUT2D eigenvalue weighted by molar-refractivity contribution is -0.132. The Morgan fingerprint density at radius 1 is 1.04 bits per heavy atom. The molecule has 2 fully saturated rings. The van der Waals surface area contributed by atoms with Gasteiger partial charge in [0, 0.05) is 51.7 Å². The van der Waals surface area contributed by atoms with E-state index in [-0.39, 0.29) is 17.4 Å². The molecule has 0 unspecified atom stereocenters. The molecule has 0 bridgehead atoms. The zero-order valence-electron chi connectivity index (χ0n) is 13.0. The largest absolute Gasteiger partial charge is 0.352 e. The van der Waals surface area contributed by atoms with Gasteiger partial charge in [-0.25, -0.2) is 13.4 Å². The number of anilines is 1. The Bertz CT molecular complexity index is 630. The van der Waals surface area contributed by atoms with Gasteiger partial charge in [0.1, 0.15) is 5.82 Å². The SMILES string of the molecule is O=C(CN1CCS(=O)(=O)CC1)N1CCN(c2cnccn2)CC1. The Morgan fingerprint density at radius 2 is 1.74 bits per heavy atom. The number of aromatic nitrogens is 2. The first-order valence-corrected chi connectivity index (χ1v) is 9.57. The first kappa shape index (κ1) is 16.1. The van der Waals surface area contributed by atoms with Crippen molar-refractivity contribution in [3.63, 3.8) is 0 Å². The van der Waals surface area contributed by atoms with Gasteiger partial charge in [-0.2, -0.15) is 0 Å². The first-order valence-electron chi connectivity index (χ1n) is 7.75. The summed E-state index contributed by atoms with van der Waals surface area (Å²) >= 11 is 0. The summed E-state index contributed by atoms with van der Waals surface area (Å²) in [6, 6.07) is 0. The standard InChI is InChI=1S/C14H21N5O3S/c20-14(12-17-7-9-23(21,22)10-8-17)19-5-3-18(4-6-19)13-11-15-1-2-16-13/h1-2,11H,3-10,12H2. The highest BCUT2D eigenvalue weighted by Crippen LogP contribution is 2.12. The minimum Gasteiger partial charge on any atom is -0.352 e. The Labute approximate surface area is 136 Å². The van der Waals surface area contributed by atoms with Crippen molar-refractivity contribution in [2.45, 2.75) is 0 Å². The summed E-state index contributed by atoms with van der Waals surface area (Å²) in [6.07, 6.45) is 5.03. The van der Waals surface area contributed by atoms with Gasteiger partial charge in [0.25, 0.3) is 0 Å². The summed E-state index contributed by atoms with van der Waals surface area (Å²) in [7, 11) is -2.90. The highest BCUT2D eigenvalue weighted by Gasteiger charge is 2.26. The summed E-state index contributed by atoms with van der Waals surface area (Å²) in [4.78, 5) is 26.6. The van der Waals surface area contributed by atoms with Gasteiger partial charge in [0.15, 0.2) is 9.84 Å². The van der Waals surface area contributed by atoms with E-state index in [0.717, 1.165) is 18.9 Å². The topological polar surface area (TPSA) is 86.7 Å². The van der Waals surface area contributed by atoms with E-state index in [1.807, 2.05) is 9.80 Å². The van der Waals surface area contributed by atoms with Gasteiger partial charge in [0.2, 0.25) is 5.91 Å². The number of rotatable bonds is 3. The second-order valence-corrected chi connectivity index (χ2v) is 8.16. The summed E-state index contributed by atoms with van der Waals surface area (Å²) in [5.74, 6) is 1.21. The minimum absolute atomic E-state index is 0.0723. The molecule has 0 aliphatic carbocycles. The molecule has 2 saturated heterocycles. The van der Waals surface area contributed by atoms with Gasteiger partial charge in [-0.15, -0.1) is 0 Å². The molecule has 23 heavy (non-hydrogen) atoms. The molecule has 2 aliphatic heterocycles. The number of sulfone groups is 1. The first-order chi connectivity index (χ1) is 11.0. The van der Waals surface area contributed by atoms with Crippen molar-refractivity contribution in [3.05, 3.63) is 18.6 Å². The lowest BCUT2D eigenvalue weighted by Crippen LogP contribution is -2.52. The molecule has 0 atom stereocenters. The highest BCUT2D eigenvalue weighted by atomic mass is 32.2. The van der Waals surface area contributed by atoms with Gasteiger partial charge < -0.3 is 9.80 Å². The average molecular weight is 339 g/mol. The third-order valence-corrected chi connectivity index (χ3v) is 5.91. The molecule has 3 heterocycles. The van der Waals surface area contributed by atoms with E-state index < -0.39 is 9.84 Å². The van der Waals surface area contributed by atoms with E-state index in [9.17, 15) is 13.2 Å². The normalized spacial score (nSPS) is 22.1. The van der Waals surface area contributed by atoms with Crippen LogP contribution in [-0.4, -0.2) is 91.4 Å². The zero-order valence-corrected chi connectivity index (χ0v) is 13.8. The van der Waals surface area contributed by atoms with Gasteiger partial charge in [-0.1, -0.05) is 0 Å². The van der Waals surface area contributed by atoms with E-state index in [1.165, 1.54) is 0 Å². The van der Waals surface area contributed by atoms with Gasteiger partial charge in [-0.05, 0) is 0 Å². The fourth-order valence-corrected chi connectivity index (χ4v) is 4.12. The second kappa shape index (κ2) is 6.79. The number of carbonyl (C=O) groups is 1. The molecule has 1 amide bonds. The van der Waals surface area contributed by atoms with Crippen molar-refractivity contribution in [2.75, 3.05) is 62.2 Å². The van der Waals surface area contributed by atoms with Gasteiger partial charge in [0.05, 0.1) is 24.2 Å². The maximum Gasteiger partial charge on any atom is 0.236 e. The number of nitrogens with zero attached hydrogens (tertiary/aromatic N) is 5. The number of amides is 1. The minimum atomic E-state index is -2.90. The molecule has 0 saturated carbocycles. The third-order valence-electron chi connectivity index (χ3n) is 4.30. The Morgan fingerprint density at radius 3 is 2.35 bits per heavy atom. The van der Waals surface area contributed by atoms with Gasteiger partial charge >= 0.3 is 0 Å². The van der Waals surface area contributed by atoms with Gasteiger partial charge in [-0.3, -0.25) is 14.7 Å². The van der Waals surface area contributed by atoms with E-state index in [4.69, 9.17) is 0 Å². The molecule has 0 spiro atoms. The quantitative estimate of drug-likeness (QED) is 0.688. The number of piperazine rings is 1.